The highest BCUT2D eigenvalue weighted by Crippen LogP contribution is 2.72. The normalized spacial score (nSPS) is 58.6. The van der Waals surface area contributed by atoms with E-state index in [1.165, 1.54) is 13.8 Å². The SMILES string of the molecule is CC1CCC2(OC1)OC1CC3C4CC=C5CC(OC6OC(CO)C(OC7OC(C)C(O)C(O)C7OC7OC(CO)C(O)C(O)C7O)C(OC7OC(C)C(O)C(O)C7O)C6O)CCC5(C)C4CC(O)C3(C)C1(O)C2C. The van der Waals surface area contributed by atoms with Crippen LogP contribution in [0, 0.1) is 40.4 Å². The van der Waals surface area contributed by atoms with Gasteiger partial charge in [-0.05, 0) is 87.9 Å². The number of rotatable bonds is 10. The molecule has 9 fully saturated rings. The van der Waals surface area contributed by atoms with Crippen LogP contribution in [0.25, 0.3) is 0 Å². The molecular weight excluding hydrogens is 981 g/mol. The lowest BCUT2D eigenvalue weighted by molar-refractivity contribution is -0.401. The van der Waals surface area contributed by atoms with Crippen LogP contribution in [0.3, 0.4) is 0 Å². The van der Waals surface area contributed by atoms with E-state index >= 15 is 0 Å². The molecule has 0 amide bonds. The Morgan fingerprint density at radius 3 is 1.85 bits per heavy atom. The predicted molar refractivity (Wildman–Crippen MR) is 248 cm³/mol. The molecule has 424 valence electrons. The van der Waals surface area contributed by atoms with Crippen LogP contribution < -0.4 is 0 Å². The first-order valence-electron chi connectivity index (χ1n) is 26.9. The molecule has 32 atom stereocenters. The van der Waals surface area contributed by atoms with Crippen LogP contribution in [0.15, 0.2) is 11.6 Å². The summed E-state index contributed by atoms with van der Waals surface area (Å²) in [6.07, 6.45) is -27.5. The van der Waals surface area contributed by atoms with Gasteiger partial charge < -0.3 is 114 Å². The molecule has 23 nitrogen and oxygen atoms in total. The number of aliphatic hydroxyl groups excluding tert-OH is 12. The fourth-order valence-corrected chi connectivity index (χ4v) is 15.3. The monoisotopic (exact) mass is 1060 g/mol. The fourth-order valence-electron chi connectivity index (χ4n) is 15.3. The van der Waals surface area contributed by atoms with E-state index in [0.717, 1.165) is 12.0 Å². The Morgan fingerprint density at radius 2 is 1.19 bits per heavy atom. The molecule has 74 heavy (non-hydrogen) atoms. The highest BCUT2D eigenvalue weighted by molar-refractivity contribution is 5.30. The molecule has 0 aromatic carbocycles. The zero-order chi connectivity index (χ0) is 53.3. The van der Waals surface area contributed by atoms with Gasteiger partial charge in [0.1, 0.15) is 91.1 Å². The van der Waals surface area contributed by atoms with Gasteiger partial charge in [-0.1, -0.05) is 39.3 Å². The van der Waals surface area contributed by atoms with E-state index in [2.05, 4.69) is 26.8 Å². The summed E-state index contributed by atoms with van der Waals surface area (Å²) < 4.78 is 61.9. The summed E-state index contributed by atoms with van der Waals surface area (Å²) in [6, 6.07) is 0. The van der Waals surface area contributed by atoms with Crippen molar-refractivity contribution >= 4 is 0 Å². The first-order chi connectivity index (χ1) is 34.9. The van der Waals surface area contributed by atoms with Crippen molar-refractivity contribution in [2.45, 2.75) is 245 Å². The second kappa shape index (κ2) is 20.7. The van der Waals surface area contributed by atoms with Gasteiger partial charge >= 0.3 is 0 Å². The van der Waals surface area contributed by atoms with Crippen molar-refractivity contribution in [1.29, 1.82) is 0 Å². The molecule has 0 radical (unpaired) electrons. The second-order valence-electron chi connectivity index (χ2n) is 24.0. The van der Waals surface area contributed by atoms with Crippen LogP contribution in [-0.4, -0.2) is 239 Å². The molecule has 3 saturated carbocycles. The van der Waals surface area contributed by atoms with Gasteiger partial charge in [-0.15, -0.1) is 0 Å². The first kappa shape index (κ1) is 56.1. The third-order valence-corrected chi connectivity index (χ3v) is 20.1. The first-order valence-corrected chi connectivity index (χ1v) is 26.9. The van der Waals surface area contributed by atoms with Crippen molar-refractivity contribution in [3.05, 3.63) is 11.6 Å². The lowest BCUT2D eigenvalue weighted by Crippen LogP contribution is -2.68. The van der Waals surface area contributed by atoms with Crippen molar-refractivity contribution in [1.82, 2.24) is 0 Å². The molecule has 6 heterocycles. The van der Waals surface area contributed by atoms with Crippen LogP contribution in [0.5, 0.6) is 0 Å². The Morgan fingerprint density at radius 1 is 0.595 bits per heavy atom. The molecule has 10 rings (SSSR count). The molecule has 0 aromatic rings. The van der Waals surface area contributed by atoms with E-state index in [0.29, 0.717) is 57.5 Å². The van der Waals surface area contributed by atoms with Gasteiger partial charge in [-0.3, -0.25) is 0 Å². The van der Waals surface area contributed by atoms with Gasteiger partial charge in [0.05, 0.1) is 50.3 Å². The zero-order valence-corrected chi connectivity index (χ0v) is 42.9. The smallest absolute Gasteiger partial charge is 0.187 e. The van der Waals surface area contributed by atoms with Crippen LogP contribution in [0.4, 0.5) is 0 Å². The van der Waals surface area contributed by atoms with Gasteiger partial charge in [-0.25, -0.2) is 0 Å². The molecule has 4 aliphatic carbocycles. The van der Waals surface area contributed by atoms with Crippen molar-refractivity contribution < 1.29 is 114 Å². The highest BCUT2D eigenvalue weighted by atomic mass is 16.8. The average Bonchev–Trinajstić information content (AvgIpc) is 3.76. The molecule has 10 aliphatic rings. The lowest BCUT2D eigenvalue weighted by Gasteiger charge is -2.61. The predicted octanol–water partition coefficient (Wildman–Crippen LogP) is -2.85. The minimum atomic E-state index is -1.94. The quantitative estimate of drug-likeness (QED) is 0.0980. The van der Waals surface area contributed by atoms with E-state index in [-0.39, 0.29) is 29.1 Å². The van der Waals surface area contributed by atoms with Crippen molar-refractivity contribution in [2.75, 3.05) is 19.8 Å². The van der Waals surface area contributed by atoms with Crippen LogP contribution in [0.1, 0.15) is 92.9 Å². The van der Waals surface area contributed by atoms with Crippen molar-refractivity contribution in [2.24, 2.45) is 40.4 Å². The fraction of sp³-hybridized carbons (Fsp3) is 0.961. The summed E-state index contributed by atoms with van der Waals surface area (Å²) in [7, 11) is 0. The Labute approximate surface area is 430 Å². The van der Waals surface area contributed by atoms with Gasteiger partial charge in [-0.2, -0.15) is 0 Å². The molecule has 6 aliphatic heterocycles. The topological polar surface area (TPSA) is 355 Å². The summed E-state index contributed by atoms with van der Waals surface area (Å²) in [4.78, 5) is 0. The zero-order valence-electron chi connectivity index (χ0n) is 42.9. The molecule has 0 aromatic heterocycles. The standard InChI is InChI=1S/C51H82O23/c1-19-9-12-50(65-18-19)22(4)51(64)31(74-50)15-27-25-8-7-23-13-24(10-11-48(23,5)26(25)14-30(54)49(27,51)6)68-46-40(63)42(72-44-38(61)35(58)32(55)20(2)66-44)41(29(17-53)70-46)71-47-43(37(60)33(56)21(3)67-47)73-45-39(62)36(59)34(57)28(16-52)69-45/h7,19-22,24-47,52-64H,8-18H2,1-6H3. The summed E-state index contributed by atoms with van der Waals surface area (Å²) >= 11 is 0. The minimum absolute atomic E-state index is 0.0189. The van der Waals surface area contributed by atoms with Gasteiger partial charge in [0, 0.05) is 17.8 Å². The van der Waals surface area contributed by atoms with E-state index in [9.17, 15) is 66.4 Å². The third kappa shape index (κ3) is 8.82. The summed E-state index contributed by atoms with van der Waals surface area (Å²) in [5.41, 5.74) is -1.33. The van der Waals surface area contributed by atoms with Crippen molar-refractivity contribution in [3.8, 4) is 0 Å². The summed E-state index contributed by atoms with van der Waals surface area (Å²) in [5.74, 6) is -0.594. The number of ether oxygens (including phenoxy) is 10. The van der Waals surface area contributed by atoms with E-state index in [1.54, 1.807) is 0 Å². The lowest BCUT2D eigenvalue weighted by atomic mass is 9.45. The van der Waals surface area contributed by atoms with E-state index in [1.807, 2.05) is 6.92 Å². The molecule has 23 heteroatoms. The number of allylic oxidation sites excluding steroid dienone is 1. The molecule has 6 saturated heterocycles. The number of fused-ring (bicyclic) bond motifs is 7. The minimum Gasteiger partial charge on any atom is -0.394 e. The molecule has 32 unspecified atom stereocenters. The molecule has 0 bridgehead atoms. The van der Waals surface area contributed by atoms with Crippen LogP contribution >= 0.6 is 0 Å². The van der Waals surface area contributed by atoms with E-state index < -0.39 is 171 Å². The Balaban J connectivity index is 0.878. The maximum absolute atomic E-state index is 12.9. The van der Waals surface area contributed by atoms with Gasteiger partial charge in [0.15, 0.2) is 30.9 Å². The van der Waals surface area contributed by atoms with Crippen LogP contribution in [-0.2, 0) is 47.4 Å². The molecule has 13 N–H and O–H groups in total. The number of hydrogen-bond donors (Lipinski definition) is 13. The maximum atomic E-state index is 12.9. The molecule has 1 spiro atoms. The largest absolute Gasteiger partial charge is 0.394 e. The second-order valence-corrected chi connectivity index (χ2v) is 24.0. The maximum Gasteiger partial charge on any atom is 0.187 e. The number of aliphatic hydroxyl groups is 13. The Kier molecular flexibility index (Phi) is 15.7. The van der Waals surface area contributed by atoms with Gasteiger partial charge in [0.2, 0.25) is 0 Å². The van der Waals surface area contributed by atoms with Gasteiger partial charge in [0.25, 0.3) is 0 Å². The van der Waals surface area contributed by atoms with Crippen LogP contribution in [0.2, 0.25) is 0 Å². The van der Waals surface area contributed by atoms with E-state index in [4.69, 9.17) is 47.4 Å². The number of hydrogen-bond acceptors (Lipinski definition) is 23. The molecular formula is C51H82O23. The third-order valence-electron chi connectivity index (χ3n) is 20.1. The Bertz CT molecular complexity index is 1990. The summed E-state index contributed by atoms with van der Waals surface area (Å²) in [6.45, 7) is 10.3. The summed E-state index contributed by atoms with van der Waals surface area (Å²) in [5, 5.41) is 145. The Hall–Kier alpha value is -1.18. The average molecular weight is 1060 g/mol. The highest BCUT2D eigenvalue weighted by Gasteiger charge is 2.78. The van der Waals surface area contributed by atoms with Crippen molar-refractivity contribution in [3.63, 3.8) is 0 Å².